The van der Waals surface area contributed by atoms with E-state index in [1.807, 2.05) is 36.4 Å². The Bertz CT molecular complexity index is 2380. The maximum atomic E-state index is 11.9. The van der Waals surface area contributed by atoms with Crippen molar-refractivity contribution < 1.29 is 76.1 Å². The highest BCUT2D eigenvalue weighted by Crippen LogP contribution is 2.08. The summed E-state index contributed by atoms with van der Waals surface area (Å²) in [4.78, 5) is 70.4. The van der Waals surface area contributed by atoms with Gasteiger partial charge in [0.05, 0.1) is 85.7 Å². The largest absolute Gasteiger partial charge is 0.460 e. The predicted octanol–water partition coefficient (Wildman–Crippen LogP) is 8.94. The van der Waals surface area contributed by atoms with Crippen LogP contribution < -0.4 is 0 Å². The standard InChI is InChI=1S/C20H22O6.C20H22O5.C18H18O5/c21-19(17-7-3-1-4-8-17)25-15-13-23-11-12-24-14-16-26-20(22)18-9-5-2-6-10-18;1-15(13-24-19(21)17-9-5-3-6-10-17)23-14-16(2)25-20(22)18-11-7-4-8-12-18;19-17(15-7-3-1-4-8-15)22-13-11-21-12-14-23-18(20)16-9-5-2-6-10-16/h1-10H,11-16H2;3-12,15-16H,13-14H2,1-2H3;1-10H,11-14H2. The second kappa shape index (κ2) is 36.0. The number of esters is 6. The van der Waals surface area contributed by atoms with E-state index in [4.69, 9.17) is 47.4 Å². The molecule has 2 unspecified atom stereocenters. The van der Waals surface area contributed by atoms with Gasteiger partial charge in [-0.1, -0.05) is 109 Å². The van der Waals surface area contributed by atoms with Crippen molar-refractivity contribution >= 4 is 35.8 Å². The number of rotatable bonds is 27. The van der Waals surface area contributed by atoms with Gasteiger partial charge in [0.25, 0.3) is 0 Å². The molecule has 0 aliphatic carbocycles. The topological polar surface area (TPSA) is 195 Å². The first kappa shape index (κ1) is 58.5. The SMILES string of the molecule is CC(COC(=O)c1ccccc1)OCC(C)OC(=O)c1ccccc1.O=C(OCCOCCOC(=O)c1ccccc1)c1ccccc1.O=C(OCCOCCOCCOC(=O)c1ccccc1)c1ccccc1. The number of hydrogen-bond donors (Lipinski definition) is 0. The normalized spacial score (nSPS) is 11.1. The molecule has 390 valence electrons. The Morgan fingerprint density at radius 3 is 0.784 bits per heavy atom. The molecule has 0 aliphatic heterocycles. The molecule has 0 aliphatic rings. The van der Waals surface area contributed by atoms with Crippen molar-refractivity contribution in [1.29, 1.82) is 0 Å². The van der Waals surface area contributed by atoms with Gasteiger partial charge in [-0.3, -0.25) is 0 Å². The summed E-state index contributed by atoms with van der Waals surface area (Å²) in [6, 6.07) is 52.6. The van der Waals surface area contributed by atoms with E-state index in [1.54, 1.807) is 159 Å². The maximum absolute atomic E-state index is 11.9. The number of carbonyl (C=O) groups excluding carboxylic acids is 6. The van der Waals surface area contributed by atoms with Crippen LogP contribution in [0, 0.1) is 0 Å². The molecule has 6 aromatic carbocycles. The number of ether oxygens (including phenoxy) is 10. The third kappa shape index (κ3) is 24.9. The van der Waals surface area contributed by atoms with Gasteiger partial charge in [-0.15, -0.1) is 0 Å². The molecule has 0 saturated carbocycles. The van der Waals surface area contributed by atoms with Crippen LogP contribution in [-0.2, 0) is 47.4 Å². The molecule has 6 aromatic rings. The highest BCUT2D eigenvalue weighted by molar-refractivity contribution is 5.91. The summed E-state index contributed by atoms with van der Waals surface area (Å²) in [7, 11) is 0. The molecule has 2 atom stereocenters. The van der Waals surface area contributed by atoms with Crippen molar-refractivity contribution in [3.05, 3.63) is 215 Å². The first-order chi connectivity index (χ1) is 36.1. The van der Waals surface area contributed by atoms with Crippen LogP contribution in [0.2, 0.25) is 0 Å². The smallest absolute Gasteiger partial charge is 0.338 e. The zero-order valence-corrected chi connectivity index (χ0v) is 41.5. The van der Waals surface area contributed by atoms with E-state index in [0.717, 1.165) is 0 Å². The number of carbonyl (C=O) groups is 6. The summed E-state index contributed by atoms with van der Waals surface area (Å²) in [6.45, 7) is 6.42. The predicted molar refractivity (Wildman–Crippen MR) is 273 cm³/mol. The van der Waals surface area contributed by atoms with Crippen LogP contribution in [-0.4, -0.2) is 127 Å². The molecule has 0 N–H and O–H groups in total. The van der Waals surface area contributed by atoms with Crippen LogP contribution in [0.25, 0.3) is 0 Å². The van der Waals surface area contributed by atoms with Gasteiger partial charge in [0.1, 0.15) is 39.1 Å². The van der Waals surface area contributed by atoms with Gasteiger partial charge >= 0.3 is 35.8 Å². The second-order valence-corrected chi connectivity index (χ2v) is 15.5. The fraction of sp³-hybridized carbons (Fsp3) is 0.276. The zero-order chi connectivity index (χ0) is 52.9. The van der Waals surface area contributed by atoms with E-state index in [2.05, 4.69) is 0 Å². The molecule has 0 bridgehead atoms. The van der Waals surface area contributed by atoms with Crippen LogP contribution in [0.4, 0.5) is 0 Å². The molecule has 0 fully saturated rings. The number of benzene rings is 6. The monoisotopic (exact) mass is 1010 g/mol. The third-order valence-electron chi connectivity index (χ3n) is 9.65. The average Bonchev–Trinajstić information content (AvgIpc) is 3.45. The van der Waals surface area contributed by atoms with Gasteiger partial charge in [-0.2, -0.15) is 0 Å². The highest BCUT2D eigenvalue weighted by Gasteiger charge is 2.15. The molecule has 74 heavy (non-hydrogen) atoms. The molecular weight excluding hydrogens is 953 g/mol. The molecular formula is C58H62O16. The number of hydrogen-bond acceptors (Lipinski definition) is 16. The zero-order valence-electron chi connectivity index (χ0n) is 41.5. The van der Waals surface area contributed by atoms with Crippen LogP contribution in [0.15, 0.2) is 182 Å². The van der Waals surface area contributed by atoms with Crippen molar-refractivity contribution in [2.24, 2.45) is 0 Å². The molecule has 0 aromatic heterocycles. The van der Waals surface area contributed by atoms with Crippen LogP contribution >= 0.6 is 0 Å². The minimum atomic E-state index is -0.403. The van der Waals surface area contributed by atoms with Gasteiger partial charge in [-0.25, -0.2) is 28.8 Å². The van der Waals surface area contributed by atoms with Gasteiger partial charge in [0.15, 0.2) is 0 Å². The Morgan fingerprint density at radius 2 is 0.514 bits per heavy atom. The summed E-state index contributed by atoms with van der Waals surface area (Å²) >= 11 is 0. The summed E-state index contributed by atoms with van der Waals surface area (Å²) in [5, 5.41) is 0. The van der Waals surface area contributed by atoms with Crippen LogP contribution in [0.5, 0.6) is 0 Å². The van der Waals surface area contributed by atoms with E-state index in [0.29, 0.717) is 59.8 Å². The highest BCUT2D eigenvalue weighted by atomic mass is 16.6. The lowest BCUT2D eigenvalue weighted by atomic mass is 10.2. The summed E-state index contributed by atoms with van der Waals surface area (Å²) in [5.74, 6) is -2.29. The first-order valence-corrected chi connectivity index (χ1v) is 23.8. The van der Waals surface area contributed by atoms with Gasteiger partial charge in [0.2, 0.25) is 0 Å². The Kier molecular flexibility index (Phi) is 28.5. The quantitative estimate of drug-likeness (QED) is 0.0269. The van der Waals surface area contributed by atoms with Gasteiger partial charge in [-0.05, 0) is 86.6 Å². The molecule has 16 nitrogen and oxygen atoms in total. The minimum Gasteiger partial charge on any atom is -0.460 e. The van der Waals surface area contributed by atoms with Crippen molar-refractivity contribution in [2.45, 2.75) is 26.1 Å². The maximum Gasteiger partial charge on any atom is 0.338 e. The Labute approximate surface area is 431 Å². The first-order valence-electron chi connectivity index (χ1n) is 23.8. The third-order valence-corrected chi connectivity index (χ3v) is 9.65. The molecule has 0 saturated heterocycles. The Balaban J connectivity index is 0.000000241. The lowest BCUT2D eigenvalue weighted by molar-refractivity contribution is -0.0380. The second-order valence-electron chi connectivity index (χ2n) is 15.5. The lowest BCUT2D eigenvalue weighted by Crippen LogP contribution is -2.26. The lowest BCUT2D eigenvalue weighted by Gasteiger charge is -2.17. The fourth-order valence-electron chi connectivity index (χ4n) is 5.88. The van der Waals surface area contributed by atoms with Crippen molar-refractivity contribution in [1.82, 2.24) is 0 Å². The van der Waals surface area contributed by atoms with Crippen molar-refractivity contribution in [3.63, 3.8) is 0 Å². The molecule has 16 heteroatoms. The van der Waals surface area contributed by atoms with Crippen molar-refractivity contribution in [2.75, 3.05) is 79.3 Å². The molecule has 0 radical (unpaired) electrons. The summed E-state index contributed by atoms with van der Waals surface area (Å²) in [5.41, 5.74) is 3.04. The Morgan fingerprint density at radius 1 is 0.284 bits per heavy atom. The summed E-state index contributed by atoms with van der Waals surface area (Å²) in [6.07, 6.45) is -0.703. The summed E-state index contributed by atoms with van der Waals surface area (Å²) < 4.78 is 52.2. The van der Waals surface area contributed by atoms with Crippen LogP contribution in [0.1, 0.15) is 76.0 Å². The molecule has 0 amide bonds. The van der Waals surface area contributed by atoms with E-state index >= 15 is 0 Å². The van der Waals surface area contributed by atoms with Gasteiger partial charge < -0.3 is 47.4 Å². The van der Waals surface area contributed by atoms with Crippen LogP contribution in [0.3, 0.4) is 0 Å². The van der Waals surface area contributed by atoms with E-state index < -0.39 is 6.10 Å². The van der Waals surface area contributed by atoms with E-state index in [9.17, 15) is 28.8 Å². The minimum absolute atomic E-state index is 0.132. The fourth-order valence-corrected chi connectivity index (χ4v) is 5.88. The van der Waals surface area contributed by atoms with E-state index in [1.165, 1.54) is 0 Å². The molecule has 0 spiro atoms. The Hall–Kier alpha value is -8.02. The molecule has 6 rings (SSSR count). The average molecular weight is 1020 g/mol. The molecule has 0 heterocycles. The van der Waals surface area contributed by atoms with Crippen molar-refractivity contribution in [3.8, 4) is 0 Å². The van der Waals surface area contributed by atoms with E-state index in [-0.39, 0.29) is 94.8 Å². The van der Waals surface area contributed by atoms with Gasteiger partial charge in [0, 0.05) is 0 Å².